The molecule has 40 heavy (non-hydrogen) atoms. The van der Waals surface area contributed by atoms with Crippen LogP contribution in [0.2, 0.25) is 0 Å². The molecule has 5 nitrogen and oxygen atoms in total. The Bertz CT molecular complexity index is 1210. The molecule has 0 bridgehead atoms. The van der Waals surface area contributed by atoms with Gasteiger partial charge in [0.1, 0.15) is 12.4 Å². The summed E-state index contributed by atoms with van der Waals surface area (Å²) in [6.45, 7) is 10.5. The summed E-state index contributed by atoms with van der Waals surface area (Å²) in [6, 6.07) is 10.0. The zero-order chi connectivity index (χ0) is 27.8. The first-order chi connectivity index (χ1) is 19.2. The van der Waals surface area contributed by atoms with Gasteiger partial charge in [-0.05, 0) is 98.0 Å². The van der Waals surface area contributed by atoms with Crippen molar-refractivity contribution in [2.24, 2.45) is 40.9 Å². The van der Waals surface area contributed by atoms with Crippen LogP contribution in [0.1, 0.15) is 91.0 Å². The van der Waals surface area contributed by atoms with Crippen molar-refractivity contribution in [2.75, 3.05) is 6.54 Å². The number of rotatable bonds is 2. The second-order valence-electron chi connectivity index (χ2n) is 14.7. The molecule has 2 heterocycles. The quantitative estimate of drug-likeness (QED) is 0.365. The highest BCUT2D eigenvalue weighted by atomic mass is 16.6. The molecule has 2 aliphatic heterocycles. The van der Waals surface area contributed by atoms with Crippen molar-refractivity contribution < 1.29 is 19.1 Å². The van der Waals surface area contributed by atoms with Crippen LogP contribution < -0.4 is 0 Å². The lowest BCUT2D eigenvalue weighted by Gasteiger charge is -2.52. The van der Waals surface area contributed by atoms with E-state index in [4.69, 9.17) is 9.47 Å². The first-order valence-electron chi connectivity index (χ1n) is 16.1. The Balaban J connectivity index is 1.15. The van der Waals surface area contributed by atoms with Crippen molar-refractivity contribution in [3.8, 4) is 0 Å². The van der Waals surface area contributed by atoms with Crippen molar-refractivity contribution >= 4 is 11.9 Å². The number of amides is 1. The van der Waals surface area contributed by atoms with Gasteiger partial charge in [0.25, 0.3) is 0 Å². The summed E-state index contributed by atoms with van der Waals surface area (Å²) in [5, 5.41) is 0. The molecule has 7 rings (SSSR count). The first kappa shape index (κ1) is 26.7. The van der Waals surface area contributed by atoms with Gasteiger partial charge in [-0.1, -0.05) is 56.7 Å². The van der Waals surface area contributed by atoms with E-state index in [2.05, 4.69) is 27.7 Å². The third kappa shape index (κ3) is 3.96. The van der Waals surface area contributed by atoms with Crippen molar-refractivity contribution in [2.45, 2.75) is 110 Å². The van der Waals surface area contributed by atoms with Crippen molar-refractivity contribution in [1.29, 1.82) is 0 Å². The Morgan fingerprint density at radius 3 is 2.70 bits per heavy atom. The fourth-order valence-electron chi connectivity index (χ4n) is 10.7. The highest BCUT2D eigenvalue weighted by molar-refractivity contribution is 5.79. The SMILES string of the molecule is CC1=C2C[C@H]3C(CC[C@@H]4CC(=O)CCC43C)[C@@H]2CC[C@]12O[C@@H]1C[C@H](C)CN(C(=O)OCc3ccccc3)[C@H]1[C@H]2C. The van der Waals surface area contributed by atoms with Gasteiger partial charge in [-0.25, -0.2) is 4.79 Å². The Morgan fingerprint density at radius 2 is 1.90 bits per heavy atom. The molecule has 5 heteroatoms. The number of piperidine rings is 1. The number of hydrogen-bond donors (Lipinski definition) is 0. The van der Waals surface area contributed by atoms with Crippen LogP contribution in [0.3, 0.4) is 0 Å². The van der Waals surface area contributed by atoms with Crippen LogP contribution in [0.15, 0.2) is 41.5 Å². The fraction of sp³-hybridized carbons (Fsp3) is 0.714. The van der Waals surface area contributed by atoms with Crippen molar-refractivity contribution in [3.05, 3.63) is 47.0 Å². The summed E-state index contributed by atoms with van der Waals surface area (Å²) in [5.41, 5.74) is 4.21. The van der Waals surface area contributed by atoms with Crippen LogP contribution in [0, 0.1) is 40.9 Å². The Morgan fingerprint density at radius 1 is 1.10 bits per heavy atom. The summed E-state index contributed by atoms with van der Waals surface area (Å²) in [7, 11) is 0. The number of allylic oxidation sites excluding steroid dienone is 1. The predicted octanol–water partition coefficient (Wildman–Crippen LogP) is 7.34. The third-order valence-electron chi connectivity index (χ3n) is 12.8. The largest absolute Gasteiger partial charge is 0.445 e. The molecule has 2 unspecified atom stereocenters. The summed E-state index contributed by atoms with van der Waals surface area (Å²) >= 11 is 0. The van der Waals surface area contributed by atoms with E-state index >= 15 is 0 Å². The van der Waals surface area contributed by atoms with Crippen LogP contribution in [-0.2, 0) is 20.9 Å². The molecule has 5 fully saturated rings. The second kappa shape index (κ2) is 9.71. The van der Waals surface area contributed by atoms with E-state index in [9.17, 15) is 9.59 Å². The molecular weight excluding hydrogens is 498 g/mol. The number of nitrogens with zero attached hydrogens (tertiary/aromatic N) is 1. The molecular formula is C35H47NO4. The molecule has 6 aliphatic rings. The van der Waals surface area contributed by atoms with Gasteiger partial charge in [-0.2, -0.15) is 0 Å². The summed E-state index contributed by atoms with van der Waals surface area (Å²) < 4.78 is 13.1. The zero-order valence-electron chi connectivity index (χ0n) is 24.9. The van der Waals surface area contributed by atoms with E-state index in [0.717, 1.165) is 50.1 Å². The van der Waals surface area contributed by atoms with E-state index in [0.29, 0.717) is 41.5 Å². The average Bonchev–Trinajstić information content (AvgIpc) is 3.47. The predicted molar refractivity (Wildman–Crippen MR) is 154 cm³/mol. The molecule has 1 amide bonds. The zero-order valence-corrected chi connectivity index (χ0v) is 24.9. The topological polar surface area (TPSA) is 55.8 Å². The molecule has 10 atom stereocenters. The van der Waals surface area contributed by atoms with Gasteiger partial charge in [-0.15, -0.1) is 0 Å². The van der Waals surface area contributed by atoms with E-state index in [1.54, 1.807) is 5.57 Å². The number of fused-ring (bicyclic) bond motifs is 6. The minimum absolute atomic E-state index is 0.0570. The smallest absolute Gasteiger partial charge is 0.410 e. The van der Waals surface area contributed by atoms with Gasteiger partial charge in [0.05, 0.1) is 17.7 Å². The average molecular weight is 546 g/mol. The Hall–Kier alpha value is -2.14. The van der Waals surface area contributed by atoms with Gasteiger partial charge >= 0.3 is 6.09 Å². The van der Waals surface area contributed by atoms with Crippen LogP contribution in [-0.4, -0.2) is 41.1 Å². The van der Waals surface area contributed by atoms with Gasteiger partial charge in [0.2, 0.25) is 0 Å². The fourth-order valence-corrected chi connectivity index (χ4v) is 10.7. The molecule has 0 radical (unpaired) electrons. The summed E-state index contributed by atoms with van der Waals surface area (Å²) in [4.78, 5) is 27.9. The maximum Gasteiger partial charge on any atom is 0.410 e. The highest BCUT2D eigenvalue weighted by Crippen LogP contribution is 2.66. The van der Waals surface area contributed by atoms with Gasteiger partial charge < -0.3 is 14.4 Å². The van der Waals surface area contributed by atoms with Crippen LogP contribution in [0.25, 0.3) is 0 Å². The lowest BCUT2D eigenvalue weighted by Crippen LogP contribution is -2.54. The van der Waals surface area contributed by atoms with Crippen LogP contribution in [0.4, 0.5) is 4.79 Å². The molecule has 4 aliphatic carbocycles. The molecule has 0 N–H and O–H groups in total. The number of benzene rings is 1. The number of ketones is 1. The minimum Gasteiger partial charge on any atom is -0.445 e. The van der Waals surface area contributed by atoms with Crippen molar-refractivity contribution in [3.63, 3.8) is 0 Å². The molecule has 2 saturated heterocycles. The van der Waals surface area contributed by atoms with Gasteiger partial charge in [0.15, 0.2) is 0 Å². The maximum absolute atomic E-state index is 13.5. The van der Waals surface area contributed by atoms with Gasteiger partial charge in [-0.3, -0.25) is 4.79 Å². The Labute approximate surface area is 240 Å². The van der Waals surface area contributed by atoms with E-state index in [1.165, 1.54) is 31.3 Å². The number of likely N-dealkylation sites (tertiary alicyclic amines) is 1. The number of carbonyl (C=O) groups excluding carboxylic acids is 2. The third-order valence-corrected chi connectivity index (χ3v) is 12.8. The van der Waals surface area contributed by atoms with Crippen molar-refractivity contribution in [1.82, 2.24) is 4.90 Å². The number of hydrogen-bond acceptors (Lipinski definition) is 4. The maximum atomic E-state index is 13.5. The summed E-state index contributed by atoms with van der Waals surface area (Å²) in [6.07, 6.45) is 9.50. The lowest BCUT2D eigenvalue weighted by molar-refractivity contribution is -0.129. The van der Waals surface area contributed by atoms with E-state index < -0.39 is 0 Å². The van der Waals surface area contributed by atoms with Crippen LogP contribution >= 0.6 is 0 Å². The lowest BCUT2D eigenvalue weighted by atomic mass is 9.52. The van der Waals surface area contributed by atoms with Gasteiger partial charge in [0, 0.05) is 25.3 Å². The summed E-state index contributed by atoms with van der Waals surface area (Å²) in [5.74, 6) is 3.83. The number of Topliss-reactive ketones (excluding diaryl/α,β-unsaturated/α-hetero) is 1. The molecule has 1 aromatic carbocycles. The molecule has 1 spiro atoms. The minimum atomic E-state index is -0.278. The number of carbonyl (C=O) groups is 2. The molecule has 3 saturated carbocycles. The van der Waals surface area contributed by atoms with E-state index in [1.807, 2.05) is 35.2 Å². The van der Waals surface area contributed by atoms with E-state index in [-0.39, 0.29) is 29.8 Å². The Kier molecular flexibility index (Phi) is 6.49. The molecule has 1 aromatic rings. The highest BCUT2D eigenvalue weighted by Gasteiger charge is 2.63. The first-order valence-corrected chi connectivity index (χ1v) is 16.1. The monoisotopic (exact) mass is 545 g/mol. The number of ether oxygens (including phenoxy) is 2. The standard InChI is InChI=1S/C35H47NO4/c1-21-16-31-32(36(19-21)33(38)39-20-24-8-6-5-7-9-24)23(3)35(40-31)15-13-27-28-11-10-25-17-26(37)12-14-34(25,4)30(28)18-29(27)22(35)2/h5-9,21,23,25,27-28,30-32H,10-20H2,1-4H3/t21-,23+,25+,27-,28?,30-,31+,32-,34?,35-/m0/s1. The van der Waals surface area contributed by atoms with Crippen LogP contribution in [0.5, 0.6) is 0 Å². The molecule has 0 aromatic heterocycles. The molecule has 216 valence electrons. The normalized spacial score (nSPS) is 44.2. The second-order valence-corrected chi connectivity index (χ2v) is 14.7.